The maximum absolute atomic E-state index is 13.0. The van der Waals surface area contributed by atoms with Gasteiger partial charge in [0.05, 0.1) is 23.6 Å². The van der Waals surface area contributed by atoms with Crippen molar-refractivity contribution in [3.8, 4) is 0 Å². The summed E-state index contributed by atoms with van der Waals surface area (Å²) >= 11 is 1.37. The Labute approximate surface area is 177 Å². The molecule has 2 rings (SSSR count). The lowest BCUT2D eigenvalue weighted by atomic mass is 10.1. The fraction of sp³-hybridized carbons (Fsp3) is 0.476. The normalized spacial score (nSPS) is 12.6. The highest BCUT2D eigenvalue weighted by Crippen LogP contribution is 2.35. The molecule has 1 heterocycles. The zero-order valence-electron chi connectivity index (χ0n) is 17.4. The van der Waals surface area contributed by atoms with Crippen LogP contribution < -0.4 is 10.0 Å². The fourth-order valence-electron chi connectivity index (χ4n) is 3.04. The smallest absolute Gasteiger partial charge is 0.340 e. The molecule has 0 radical (unpaired) electrons. The van der Waals surface area contributed by atoms with Crippen LogP contribution in [-0.4, -0.2) is 28.5 Å². The van der Waals surface area contributed by atoms with Crippen LogP contribution in [0.4, 0.5) is 5.00 Å². The lowest BCUT2D eigenvalue weighted by molar-refractivity contribution is 0.0602. The largest absolute Gasteiger partial charge is 0.465 e. The number of rotatable bonds is 11. The Hall–Kier alpha value is -1.90. The first-order valence-corrected chi connectivity index (χ1v) is 12.1. The summed E-state index contributed by atoms with van der Waals surface area (Å²) in [5, 5.41) is 3.67. The van der Waals surface area contributed by atoms with Gasteiger partial charge in [0.1, 0.15) is 5.00 Å². The third kappa shape index (κ3) is 6.29. The highest BCUT2D eigenvalue weighted by atomic mass is 32.2. The Morgan fingerprint density at radius 1 is 1.17 bits per heavy atom. The molecule has 160 valence electrons. The van der Waals surface area contributed by atoms with E-state index in [1.165, 1.54) is 18.4 Å². The van der Waals surface area contributed by atoms with Crippen molar-refractivity contribution in [2.75, 3.05) is 19.5 Å². The number of esters is 1. The van der Waals surface area contributed by atoms with Gasteiger partial charge in [-0.1, -0.05) is 50.3 Å². The second-order valence-corrected chi connectivity index (χ2v) is 9.77. The van der Waals surface area contributed by atoms with Crippen molar-refractivity contribution in [1.29, 1.82) is 0 Å². The van der Waals surface area contributed by atoms with Crippen molar-refractivity contribution in [2.45, 2.75) is 56.9 Å². The van der Waals surface area contributed by atoms with Gasteiger partial charge in [0.15, 0.2) is 0 Å². The first-order chi connectivity index (χ1) is 13.8. The number of anilines is 1. The number of methoxy groups -OCH3 is 1. The van der Waals surface area contributed by atoms with Gasteiger partial charge in [0, 0.05) is 11.9 Å². The molecule has 1 aromatic heterocycles. The summed E-state index contributed by atoms with van der Waals surface area (Å²) < 4.78 is 33.6. The third-order valence-electron chi connectivity index (χ3n) is 4.70. The van der Waals surface area contributed by atoms with Crippen LogP contribution in [-0.2, 0) is 14.8 Å². The van der Waals surface area contributed by atoms with Crippen LogP contribution >= 0.6 is 11.3 Å². The van der Waals surface area contributed by atoms with Gasteiger partial charge in [-0.05, 0) is 31.5 Å². The molecule has 1 atom stereocenters. The number of sulfonamides is 1. The van der Waals surface area contributed by atoms with Crippen molar-refractivity contribution in [3.05, 3.63) is 46.3 Å². The average Bonchev–Trinajstić information content (AvgIpc) is 3.14. The van der Waals surface area contributed by atoms with Gasteiger partial charge < -0.3 is 10.1 Å². The van der Waals surface area contributed by atoms with Gasteiger partial charge in [-0.2, -0.15) is 0 Å². The highest BCUT2D eigenvalue weighted by Gasteiger charge is 2.25. The van der Waals surface area contributed by atoms with Gasteiger partial charge in [-0.15, -0.1) is 11.3 Å². The van der Waals surface area contributed by atoms with Gasteiger partial charge in [-0.3, -0.25) is 0 Å². The lowest BCUT2D eigenvalue weighted by Gasteiger charge is -2.18. The molecule has 0 saturated heterocycles. The number of aryl methyl sites for hydroxylation is 1. The number of carbonyl (C=O) groups excluding carboxylic acids is 1. The van der Waals surface area contributed by atoms with E-state index in [0.29, 0.717) is 17.0 Å². The van der Waals surface area contributed by atoms with E-state index < -0.39 is 22.0 Å². The van der Waals surface area contributed by atoms with Crippen LogP contribution in [0.25, 0.3) is 0 Å². The maximum Gasteiger partial charge on any atom is 0.340 e. The number of hydrogen-bond donors (Lipinski definition) is 2. The quantitative estimate of drug-likeness (QED) is 0.386. The first-order valence-electron chi connectivity index (χ1n) is 9.81. The minimum Gasteiger partial charge on any atom is -0.465 e. The Balaban J connectivity index is 2.32. The fourth-order valence-corrected chi connectivity index (χ4v) is 5.45. The number of unbranched alkanes of at least 4 members (excludes halogenated alkanes) is 3. The Bertz CT molecular complexity index is 905. The summed E-state index contributed by atoms with van der Waals surface area (Å²) in [5.41, 5.74) is 1.42. The minimum atomic E-state index is -3.68. The standard InChI is InChI=1S/C21H30N2O4S2/c1-5-6-7-8-9-18(19-14-17(21(24)27-4)20(22-3)28-19)23-29(25,26)16-12-10-15(2)11-13-16/h10-14,18,22-23H,5-9H2,1-4H3/t18-/m1/s1. The molecular weight excluding hydrogens is 408 g/mol. The molecule has 2 N–H and O–H groups in total. The van der Waals surface area contributed by atoms with Crippen LogP contribution in [0, 0.1) is 6.92 Å². The van der Waals surface area contributed by atoms with Gasteiger partial charge in [-0.25, -0.2) is 17.9 Å². The molecule has 0 aliphatic carbocycles. The van der Waals surface area contributed by atoms with Crippen LogP contribution in [0.5, 0.6) is 0 Å². The number of thiophene rings is 1. The van der Waals surface area contributed by atoms with Crippen molar-refractivity contribution in [2.24, 2.45) is 0 Å². The van der Waals surface area contributed by atoms with E-state index in [1.54, 1.807) is 37.4 Å². The van der Waals surface area contributed by atoms with Crippen molar-refractivity contribution < 1.29 is 17.9 Å². The summed E-state index contributed by atoms with van der Waals surface area (Å²) in [5.74, 6) is -0.442. The Morgan fingerprint density at radius 3 is 2.45 bits per heavy atom. The predicted molar refractivity (Wildman–Crippen MR) is 118 cm³/mol. The van der Waals surface area contributed by atoms with Crippen molar-refractivity contribution in [3.63, 3.8) is 0 Å². The second kappa shape index (κ2) is 10.8. The summed E-state index contributed by atoms with van der Waals surface area (Å²) in [7, 11) is -0.617. The molecule has 8 heteroatoms. The van der Waals surface area contributed by atoms with E-state index in [4.69, 9.17) is 4.74 Å². The molecule has 0 amide bonds. The minimum absolute atomic E-state index is 0.236. The summed E-state index contributed by atoms with van der Waals surface area (Å²) in [6, 6.07) is 8.10. The van der Waals surface area contributed by atoms with Crippen LogP contribution in [0.3, 0.4) is 0 Å². The molecule has 0 unspecified atom stereocenters. The van der Waals surface area contributed by atoms with E-state index >= 15 is 0 Å². The molecule has 29 heavy (non-hydrogen) atoms. The summed E-state index contributed by atoms with van der Waals surface area (Å²) in [6.07, 6.45) is 4.81. The number of benzene rings is 1. The van der Waals surface area contributed by atoms with Crippen LogP contribution in [0.15, 0.2) is 35.2 Å². The molecule has 0 bridgehead atoms. The molecular formula is C21H30N2O4S2. The Morgan fingerprint density at radius 2 is 1.86 bits per heavy atom. The Kier molecular flexibility index (Phi) is 8.67. The van der Waals surface area contributed by atoms with Crippen molar-refractivity contribution >= 4 is 32.3 Å². The van der Waals surface area contributed by atoms with Gasteiger partial charge in [0.25, 0.3) is 0 Å². The lowest BCUT2D eigenvalue weighted by Crippen LogP contribution is -2.28. The summed E-state index contributed by atoms with van der Waals surface area (Å²) in [4.78, 5) is 13.1. The van der Waals surface area contributed by atoms with E-state index in [0.717, 1.165) is 36.1 Å². The number of hydrogen-bond acceptors (Lipinski definition) is 6. The van der Waals surface area contributed by atoms with Crippen LogP contribution in [0.1, 0.15) is 65.9 Å². The van der Waals surface area contributed by atoms with E-state index in [2.05, 4.69) is 17.0 Å². The average molecular weight is 439 g/mol. The molecule has 0 fully saturated rings. The highest BCUT2D eigenvalue weighted by molar-refractivity contribution is 7.89. The first kappa shape index (κ1) is 23.4. The number of nitrogens with one attached hydrogen (secondary N) is 2. The monoisotopic (exact) mass is 438 g/mol. The van der Waals surface area contributed by atoms with Gasteiger partial charge >= 0.3 is 5.97 Å². The summed E-state index contributed by atoms with van der Waals surface area (Å²) in [6.45, 7) is 4.05. The zero-order valence-corrected chi connectivity index (χ0v) is 19.1. The van der Waals surface area contributed by atoms with Gasteiger partial charge in [0.2, 0.25) is 10.0 Å². The molecule has 6 nitrogen and oxygen atoms in total. The molecule has 0 aliphatic heterocycles. The molecule has 2 aromatic rings. The van der Waals surface area contributed by atoms with E-state index in [1.807, 2.05) is 6.92 Å². The van der Waals surface area contributed by atoms with E-state index in [9.17, 15) is 13.2 Å². The van der Waals surface area contributed by atoms with Crippen molar-refractivity contribution in [1.82, 2.24) is 4.72 Å². The SMILES string of the molecule is CCCCCC[C@@H](NS(=O)(=O)c1ccc(C)cc1)c1cc(C(=O)OC)c(NC)s1. The molecule has 0 saturated carbocycles. The molecule has 0 spiro atoms. The second-order valence-electron chi connectivity index (χ2n) is 6.97. The molecule has 1 aromatic carbocycles. The zero-order chi connectivity index (χ0) is 21.4. The predicted octanol–water partition coefficient (Wildman–Crippen LogP) is 4.87. The third-order valence-corrected chi connectivity index (χ3v) is 7.46. The number of carbonyl (C=O) groups is 1. The maximum atomic E-state index is 13.0. The topological polar surface area (TPSA) is 84.5 Å². The van der Waals surface area contributed by atoms with E-state index in [-0.39, 0.29) is 4.90 Å². The molecule has 0 aliphatic rings. The van der Waals surface area contributed by atoms with Crippen LogP contribution in [0.2, 0.25) is 0 Å². The number of ether oxygens (including phenoxy) is 1.